The molecule has 82 valence electrons. The first-order valence-corrected chi connectivity index (χ1v) is 5.26. The minimum atomic E-state index is 0.0923. The van der Waals surface area contributed by atoms with Crippen molar-refractivity contribution >= 4 is 11.6 Å². The molecule has 0 aliphatic carbocycles. The lowest BCUT2D eigenvalue weighted by Gasteiger charge is -2.21. The van der Waals surface area contributed by atoms with Gasteiger partial charge in [-0.05, 0) is 18.6 Å². The van der Waals surface area contributed by atoms with Gasteiger partial charge in [-0.2, -0.15) is 0 Å². The number of aliphatic hydroxyl groups excluding tert-OH is 1. The zero-order valence-corrected chi connectivity index (χ0v) is 9.02. The molecule has 0 heterocycles. The van der Waals surface area contributed by atoms with Crippen LogP contribution in [0.4, 0.5) is 5.69 Å². The number of aliphatic hydroxyl groups is 1. The van der Waals surface area contributed by atoms with Crippen LogP contribution >= 0.6 is 0 Å². The minimum Gasteiger partial charge on any atom is -0.396 e. The van der Waals surface area contributed by atoms with Crippen LogP contribution in [0.25, 0.3) is 0 Å². The molecule has 1 rings (SSSR count). The number of hydrogen-bond acceptors (Lipinski definition) is 2. The Kier molecular flexibility index (Phi) is 4.84. The lowest BCUT2D eigenvalue weighted by Crippen LogP contribution is -2.31. The topological polar surface area (TPSA) is 40.5 Å². The Morgan fingerprint density at radius 3 is 2.53 bits per heavy atom. The predicted molar refractivity (Wildman–Crippen MR) is 60.8 cm³/mol. The summed E-state index contributed by atoms with van der Waals surface area (Å²) < 4.78 is 0. The van der Waals surface area contributed by atoms with Gasteiger partial charge in [-0.1, -0.05) is 25.1 Å². The number of para-hydroxylation sites is 1. The van der Waals surface area contributed by atoms with Crippen LogP contribution in [0, 0.1) is 0 Å². The van der Waals surface area contributed by atoms with Crippen molar-refractivity contribution in [1.82, 2.24) is 0 Å². The van der Waals surface area contributed by atoms with Crippen molar-refractivity contribution in [2.45, 2.75) is 19.8 Å². The molecule has 0 radical (unpaired) electrons. The summed E-state index contributed by atoms with van der Waals surface area (Å²) in [5.74, 6) is 0.0923. The van der Waals surface area contributed by atoms with Gasteiger partial charge in [0, 0.05) is 25.3 Å². The summed E-state index contributed by atoms with van der Waals surface area (Å²) in [5, 5.41) is 8.78. The molecule has 1 amide bonds. The summed E-state index contributed by atoms with van der Waals surface area (Å²) in [6.45, 7) is 2.53. The van der Waals surface area contributed by atoms with Crippen LogP contribution in [0.5, 0.6) is 0 Å². The first-order valence-electron chi connectivity index (χ1n) is 5.26. The first-order chi connectivity index (χ1) is 7.29. The summed E-state index contributed by atoms with van der Waals surface area (Å²) in [5.41, 5.74) is 0.901. The normalized spacial score (nSPS) is 10.0. The van der Waals surface area contributed by atoms with Crippen molar-refractivity contribution in [2.24, 2.45) is 0 Å². The molecule has 0 unspecified atom stereocenters. The van der Waals surface area contributed by atoms with Crippen LogP contribution in [0.3, 0.4) is 0 Å². The summed E-state index contributed by atoms with van der Waals surface area (Å²) in [6.07, 6.45) is 1.10. The standard InChI is InChI=1S/C12H17NO2/c1-2-12(15)13(9-6-10-14)11-7-4-3-5-8-11/h3-5,7-8,14H,2,6,9-10H2,1H3. The maximum Gasteiger partial charge on any atom is 0.226 e. The van der Waals surface area contributed by atoms with E-state index in [2.05, 4.69) is 0 Å². The fourth-order valence-electron chi connectivity index (χ4n) is 1.43. The van der Waals surface area contributed by atoms with Gasteiger partial charge in [0.2, 0.25) is 5.91 Å². The number of amides is 1. The fourth-order valence-corrected chi connectivity index (χ4v) is 1.43. The second kappa shape index (κ2) is 6.19. The van der Waals surface area contributed by atoms with E-state index < -0.39 is 0 Å². The van der Waals surface area contributed by atoms with E-state index in [1.54, 1.807) is 4.90 Å². The third-order valence-electron chi connectivity index (χ3n) is 2.21. The van der Waals surface area contributed by atoms with Gasteiger partial charge in [-0.3, -0.25) is 4.79 Å². The van der Waals surface area contributed by atoms with E-state index in [4.69, 9.17) is 5.11 Å². The number of carbonyl (C=O) groups is 1. The molecule has 0 saturated carbocycles. The molecule has 0 aliphatic heterocycles. The maximum atomic E-state index is 11.7. The SMILES string of the molecule is CCC(=O)N(CCCO)c1ccccc1. The highest BCUT2D eigenvalue weighted by atomic mass is 16.3. The van der Waals surface area contributed by atoms with Gasteiger partial charge >= 0.3 is 0 Å². The lowest BCUT2D eigenvalue weighted by atomic mass is 10.2. The molecule has 3 nitrogen and oxygen atoms in total. The maximum absolute atomic E-state index is 11.7. The number of anilines is 1. The van der Waals surface area contributed by atoms with Gasteiger partial charge < -0.3 is 10.0 Å². The Balaban J connectivity index is 2.76. The Labute approximate surface area is 90.3 Å². The van der Waals surface area contributed by atoms with Crippen LogP contribution in [0.1, 0.15) is 19.8 Å². The minimum absolute atomic E-state index is 0.0923. The second-order valence-electron chi connectivity index (χ2n) is 3.31. The third-order valence-corrected chi connectivity index (χ3v) is 2.21. The number of hydrogen-bond donors (Lipinski definition) is 1. The Morgan fingerprint density at radius 1 is 1.33 bits per heavy atom. The molecule has 1 aromatic carbocycles. The highest BCUT2D eigenvalue weighted by Gasteiger charge is 2.12. The zero-order chi connectivity index (χ0) is 11.1. The van der Waals surface area contributed by atoms with E-state index >= 15 is 0 Å². The summed E-state index contributed by atoms with van der Waals surface area (Å²) in [7, 11) is 0. The van der Waals surface area contributed by atoms with Crippen LogP contribution < -0.4 is 4.90 Å². The van der Waals surface area contributed by atoms with Gasteiger partial charge in [-0.25, -0.2) is 0 Å². The van der Waals surface area contributed by atoms with Gasteiger partial charge in [0.05, 0.1) is 0 Å². The monoisotopic (exact) mass is 207 g/mol. The lowest BCUT2D eigenvalue weighted by molar-refractivity contribution is -0.118. The molecule has 1 N–H and O–H groups in total. The highest BCUT2D eigenvalue weighted by molar-refractivity contribution is 5.93. The summed E-state index contributed by atoms with van der Waals surface area (Å²) in [6, 6.07) is 9.55. The third kappa shape index (κ3) is 3.36. The van der Waals surface area contributed by atoms with E-state index in [9.17, 15) is 4.79 Å². The molecule has 0 atom stereocenters. The Morgan fingerprint density at radius 2 is 2.00 bits per heavy atom. The van der Waals surface area contributed by atoms with E-state index in [0.29, 0.717) is 19.4 Å². The zero-order valence-electron chi connectivity index (χ0n) is 9.02. The Bertz CT molecular complexity index is 298. The molecule has 3 heteroatoms. The molecule has 0 saturated heterocycles. The number of carbonyl (C=O) groups excluding carboxylic acids is 1. The molecule has 0 aromatic heterocycles. The van der Waals surface area contributed by atoms with Gasteiger partial charge in [0.25, 0.3) is 0 Å². The quantitative estimate of drug-likeness (QED) is 0.800. The Hall–Kier alpha value is -1.35. The molecular weight excluding hydrogens is 190 g/mol. The predicted octanol–water partition coefficient (Wildman–Crippen LogP) is 1.81. The molecule has 0 aliphatic rings. The summed E-state index contributed by atoms with van der Waals surface area (Å²) in [4.78, 5) is 13.4. The van der Waals surface area contributed by atoms with Gasteiger partial charge in [0.1, 0.15) is 0 Å². The van der Waals surface area contributed by atoms with E-state index in [1.807, 2.05) is 37.3 Å². The van der Waals surface area contributed by atoms with Crippen LogP contribution in [0.15, 0.2) is 30.3 Å². The average Bonchev–Trinajstić information content (AvgIpc) is 2.30. The number of benzene rings is 1. The van der Waals surface area contributed by atoms with Crippen molar-refractivity contribution in [3.05, 3.63) is 30.3 Å². The van der Waals surface area contributed by atoms with Crippen molar-refractivity contribution < 1.29 is 9.90 Å². The van der Waals surface area contributed by atoms with Crippen molar-refractivity contribution in [3.63, 3.8) is 0 Å². The summed E-state index contributed by atoms with van der Waals surface area (Å²) >= 11 is 0. The van der Waals surface area contributed by atoms with Crippen LogP contribution in [-0.4, -0.2) is 24.2 Å². The van der Waals surface area contributed by atoms with Crippen molar-refractivity contribution in [3.8, 4) is 0 Å². The number of rotatable bonds is 5. The van der Waals surface area contributed by atoms with E-state index in [1.165, 1.54) is 0 Å². The largest absolute Gasteiger partial charge is 0.396 e. The average molecular weight is 207 g/mol. The fraction of sp³-hybridized carbons (Fsp3) is 0.417. The highest BCUT2D eigenvalue weighted by Crippen LogP contribution is 2.14. The molecule has 0 fully saturated rings. The van der Waals surface area contributed by atoms with E-state index in [0.717, 1.165) is 5.69 Å². The van der Waals surface area contributed by atoms with Crippen molar-refractivity contribution in [2.75, 3.05) is 18.1 Å². The van der Waals surface area contributed by atoms with Gasteiger partial charge in [0.15, 0.2) is 0 Å². The molecule has 15 heavy (non-hydrogen) atoms. The van der Waals surface area contributed by atoms with Crippen LogP contribution in [0.2, 0.25) is 0 Å². The smallest absolute Gasteiger partial charge is 0.226 e. The van der Waals surface area contributed by atoms with Crippen LogP contribution in [-0.2, 0) is 4.79 Å². The van der Waals surface area contributed by atoms with Crippen molar-refractivity contribution in [1.29, 1.82) is 0 Å². The van der Waals surface area contributed by atoms with E-state index in [-0.39, 0.29) is 12.5 Å². The molecule has 0 bridgehead atoms. The molecule has 0 spiro atoms. The van der Waals surface area contributed by atoms with Gasteiger partial charge in [-0.15, -0.1) is 0 Å². The first kappa shape index (κ1) is 11.7. The number of nitrogens with zero attached hydrogens (tertiary/aromatic N) is 1. The molecular formula is C12H17NO2. The second-order valence-corrected chi connectivity index (χ2v) is 3.31. The molecule has 1 aromatic rings.